The fraction of sp³-hybridized carbons (Fsp3) is 0.562. The fourth-order valence-electron chi connectivity index (χ4n) is 2.91. The number of hydrogen-bond acceptors (Lipinski definition) is 3. The van der Waals surface area contributed by atoms with Gasteiger partial charge in [-0.1, -0.05) is 37.3 Å². The van der Waals surface area contributed by atoms with Crippen molar-refractivity contribution in [3.05, 3.63) is 35.9 Å². The van der Waals surface area contributed by atoms with E-state index in [4.69, 9.17) is 5.26 Å². The molecule has 0 aromatic heterocycles. The lowest BCUT2D eigenvalue weighted by atomic mass is 10.0. The van der Waals surface area contributed by atoms with Crippen molar-refractivity contribution in [2.24, 2.45) is 0 Å². The molecule has 1 saturated heterocycles. The van der Waals surface area contributed by atoms with Crippen molar-refractivity contribution < 1.29 is 0 Å². The summed E-state index contributed by atoms with van der Waals surface area (Å²) in [4.78, 5) is 2.53. The maximum Gasteiger partial charge on any atom is 0.0641 e. The van der Waals surface area contributed by atoms with E-state index >= 15 is 0 Å². The lowest BCUT2D eigenvalue weighted by Crippen LogP contribution is -2.39. The number of nitrogens with zero attached hydrogens (tertiary/aromatic N) is 2. The average Bonchev–Trinajstić information content (AvgIpc) is 2.92. The third-order valence-corrected chi connectivity index (χ3v) is 4.00. The molecule has 0 aliphatic carbocycles. The van der Waals surface area contributed by atoms with E-state index in [1.807, 2.05) is 18.2 Å². The summed E-state index contributed by atoms with van der Waals surface area (Å²) in [5, 5.41) is 12.6. The van der Waals surface area contributed by atoms with E-state index in [0.717, 1.165) is 13.1 Å². The van der Waals surface area contributed by atoms with Gasteiger partial charge in [-0.15, -0.1) is 0 Å². The molecule has 1 heterocycles. The Kier molecular flexibility index (Phi) is 5.38. The molecule has 0 amide bonds. The highest BCUT2D eigenvalue weighted by molar-refractivity contribution is 5.19. The van der Waals surface area contributed by atoms with Gasteiger partial charge in [0.15, 0.2) is 0 Å². The standard InChI is InChI=1S/C16H23N3/c1-2-19-12-6-9-15(19)13-18-16(10-11-17)14-7-4-3-5-8-14/h3-5,7-8,15-16,18H,2,6,9-10,12-13H2,1H3. The van der Waals surface area contributed by atoms with Gasteiger partial charge in [0, 0.05) is 18.6 Å². The molecule has 0 radical (unpaired) electrons. The van der Waals surface area contributed by atoms with Crippen molar-refractivity contribution in [3.8, 4) is 6.07 Å². The molecular weight excluding hydrogens is 234 g/mol. The molecule has 2 atom stereocenters. The Morgan fingerprint density at radius 1 is 1.42 bits per heavy atom. The predicted molar refractivity (Wildman–Crippen MR) is 77.7 cm³/mol. The van der Waals surface area contributed by atoms with Crippen molar-refractivity contribution in [3.63, 3.8) is 0 Å². The molecular formula is C16H23N3. The molecule has 19 heavy (non-hydrogen) atoms. The second kappa shape index (κ2) is 7.28. The van der Waals surface area contributed by atoms with E-state index < -0.39 is 0 Å². The van der Waals surface area contributed by atoms with Crippen molar-refractivity contribution in [2.75, 3.05) is 19.6 Å². The average molecular weight is 257 g/mol. The normalized spacial score (nSPS) is 21.2. The largest absolute Gasteiger partial charge is 0.307 e. The highest BCUT2D eigenvalue weighted by Crippen LogP contribution is 2.19. The molecule has 2 rings (SSSR count). The minimum absolute atomic E-state index is 0.158. The number of hydrogen-bond donors (Lipinski definition) is 1. The van der Waals surface area contributed by atoms with Crippen LogP contribution in [0.4, 0.5) is 0 Å². The zero-order chi connectivity index (χ0) is 13.5. The Hall–Kier alpha value is -1.37. The first-order chi connectivity index (χ1) is 9.35. The van der Waals surface area contributed by atoms with Crippen LogP contribution in [0.25, 0.3) is 0 Å². The van der Waals surface area contributed by atoms with Gasteiger partial charge in [0.25, 0.3) is 0 Å². The zero-order valence-corrected chi connectivity index (χ0v) is 11.7. The van der Waals surface area contributed by atoms with E-state index in [0.29, 0.717) is 12.5 Å². The molecule has 102 valence electrons. The Morgan fingerprint density at radius 3 is 2.89 bits per heavy atom. The highest BCUT2D eigenvalue weighted by Gasteiger charge is 2.23. The molecule has 3 nitrogen and oxygen atoms in total. The van der Waals surface area contributed by atoms with Crippen LogP contribution in [0.1, 0.15) is 37.8 Å². The Balaban J connectivity index is 1.93. The van der Waals surface area contributed by atoms with E-state index in [-0.39, 0.29) is 6.04 Å². The monoisotopic (exact) mass is 257 g/mol. The summed E-state index contributed by atoms with van der Waals surface area (Å²) < 4.78 is 0. The fourth-order valence-corrected chi connectivity index (χ4v) is 2.91. The summed E-state index contributed by atoms with van der Waals surface area (Å²) in [5.74, 6) is 0. The van der Waals surface area contributed by atoms with Crippen LogP contribution in [-0.4, -0.2) is 30.6 Å². The third kappa shape index (κ3) is 3.79. The van der Waals surface area contributed by atoms with Crippen molar-refractivity contribution >= 4 is 0 Å². The summed E-state index contributed by atoms with van der Waals surface area (Å²) in [6, 6.07) is 13.4. The third-order valence-electron chi connectivity index (χ3n) is 4.00. The predicted octanol–water partition coefficient (Wildman–Crippen LogP) is 2.72. The minimum atomic E-state index is 0.158. The quantitative estimate of drug-likeness (QED) is 0.851. The first-order valence-corrected chi connectivity index (χ1v) is 7.24. The Bertz CT molecular complexity index is 410. The number of benzene rings is 1. The highest BCUT2D eigenvalue weighted by atomic mass is 15.2. The molecule has 1 N–H and O–H groups in total. The molecule has 0 saturated carbocycles. The molecule has 1 aromatic carbocycles. The second-order valence-electron chi connectivity index (χ2n) is 5.16. The molecule has 3 heteroatoms. The Labute approximate surface area is 116 Å². The van der Waals surface area contributed by atoms with E-state index in [9.17, 15) is 0 Å². The maximum atomic E-state index is 8.99. The van der Waals surface area contributed by atoms with Gasteiger partial charge in [-0.3, -0.25) is 4.90 Å². The van der Waals surface area contributed by atoms with Gasteiger partial charge in [0.1, 0.15) is 0 Å². The molecule has 1 fully saturated rings. The van der Waals surface area contributed by atoms with Crippen LogP contribution >= 0.6 is 0 Å². The van der Waals surface area contributed by atoms with Crippen molar-refractivity contribution in [2.45, 2.75) is 38.3 Å². The van der Waals surface area contributed by atoms with E-state index in [1.165, 1.54) is 24.9 Å². The molecule has 0 bridgehead atoms. The second-order valence-corrected chi connectivity index (χ2v) is 5.16. The summed E-state index contributed by atoms with van der Waals surface area (Å²) in [7, 11) is 0. The van der Waals surface area contributed by atoms with Crippen LogP contribution in [0.5, 0.6) is 0 Å². The number of likely N-dealkylation sites (N-methyl/N-ethyl adjacent to an activating group) is 1. The van der Waals surface area contributed by atoms with Gasteiger partial charge < -0.3 is 5.32 Å². The van der Waals surface area contributed by atoms with Gasteiger partial charge >= 0.3 is 0 Å². The number of likely N-dealkylation sites (tertiary alicyclic amines) is 1. The Morgan fingerprint density at radius 2 is 2.21 bits per heavy atom. The van der Waals surface area contributed by atoms with Crippen LogP contribution in [0.2, 0.25) is 0 Å². The zero-order valence-electron chi connectivity index (χ0n) is 11.7. The lowest BCUT2D eigenvalue weighted by molar-refractivity contribution is 0.254. The smallest absolute Gasteiger partial charge is 0.0641 e. The minimum Gasteiger partial charge on any atom is -0.307 e. The maximum absolute atomic E-state index is 8.99. The van der Waals surface area contributed by atoms with Gasteiger partial charge in [-0.25, -0.2) is 0 Å². The summed E-state index contributed by atoms with van der Waals surface area (Å²) in [6.45, 7) is 5.55. The van der Waals surface area contributed by atoms with Crippen LogP contribution in [-0.2, 0) is 0 Å². The topological polar surface area (TPSA) is 39.1 Å². The van der Waals surface area contributed by atoms with Gasteiger partial charge in [-0.05, 0) is 31.5 Å². The van der Waals surface area contributed by atoms with Gasteiger partial charge in [0.05, 0.1) is 12.5 Å². The van der Waals surface area contributed by atoms with Gasteiger partial charge in [-0.2, -0.15) is 5.26 Å². The summed E-state index contributed by atoms with van der Waals surface area (Å²) in [6.07, 6.45) is 3.10. The molecule has 0 spiro atoms. The molecule has 1 aliphatic rings. The summed E-state index contributed by atoms with van der Waals surface area (Å²) >= 11 is 0. The first-order valence-electron chi connectivity index (χ1n) is 7.24. The van der Waals surface area contributed by atoms with Crippen LogP contribution in [0.15, 0.2) is 30.3 Å². The molecule has 1 aliphatic heterocycles. The van der Waals surface area contributed by atoms with Crippen LogP contribution < -0.4 is 5.32 Å². The first kappa shape index (κ1) is 14.0. The van der Waals surface area contributed by atoms with Crippen LogP contribution in [0.3, 0.4) is 0 Å². The summed E-state index contributed by atoms with van der Waals surface area (Å²) in [5.41, 5.74) is 1.21. The molecule has 1 aromatic rings. The van der Waals surface area contributed by atoms with Crippen molar-refractivity contribution in [1.82, 2.24) is 10.2 Å². The van der Waals surface area contributed by atoms with E-state index in [1.54, 1.807) is 0 Å². The number of nitriles is 1. The number of rotatable bonds is 6. The lowest BCUT2D eigenvalue weighted by Gasteiger charge is -2.25. The number of nitrogens with one attached hydrogen (secondary N) is 1. The van der Waals surface area contributed by atoms with Gasteiger partial charge in [0.2, 0.25) is 0 Å². The van der Waals surface area contributed by atoms with Crippen LogP contribution in [0, 0.1) is 11.3 Å². The van der Waals surface area contributed by atoms with E-state index in [2.05, 4.69) is 35.3 Å². The SMILES string of the molecule is CCN1CCCC1CNC(CC#N)c1ccccc1. The molecule has 2 unspecified atom stereocenters. The van der Waals surface area contributed by atoms with Crippen molar-refractivity contribution in [1.29, 1.82) is 5.26 Å².